The zero-order valence-corrected chi connectivity index (χ0v) is 17.6. The Balaban J connectivity index is 1.94. The Labute approximate surface area is 182 Å². The van der Waals surface area contributed by atoms with Crippen molar-refractivity contribution < 1.29 is 10.2 Å². The van der Waals surface area contributed by atoms with Gasteiger partial charge in [-0.3, -0.25) is 9.88 Å². The van der Waals surface area contributed by atoms with Crippen molar-refractivity contribution in [2.75, 3.05) is 0 Å². The summed E-state index contributed by atoms with van der Waals surface area (Å²) in [7, 11) is 0. The molecule has 0 unspecified atom stereocenters. The van der Waals surface area contributed by atoms with Crippen LogP contribution in [0.5, 0.6) is 11.5 Å². The highest BCUT2D eigenvalue weighted by Crippen LogP contribution is 2.35. The molecule has 1 heterocycles. The SMILES string of the molecule is Oc1c(Cl)cc(Cl)cc1CN(Cc1ccccn1)Cc1cc(Cl)cc(Cl)c1O. The highest BCUT2D eigenvalue weighted by atomic mass is 35.5. The number of nitrogens with zero attached hydrogens (tertiary/aromatic N) is 2. The van der Waals surface area contributed by atoms with Crippen LogP contribution in [0.3, 0.4) is 0 Å². The quantitative estimate of drug-likeness (QED) is 0.455. The van der Waals surface area contributed by atoms with Crippen LogP contribution < -0.4 is 0 Å². The average molecular weight is 458 g/mol. The first-order chi connectivity index (χ1) is 13.3. The topological polar surface area (TPSA) is 56.6 Å². The summed E-state index contributed by atoms with van der Waals surface area (Å²) in [4.78, 5) is 6.31. The number of aromatic hydroxyl groups is 2. The highest BCUT2D eigenvalue weighted by molar-refractivity contribution is 6.36. The lowest BCUT2D eigenvalue weighted by Gasteiger charge is -2.24. The van der Waals surface area contributed by atoms with Crippen LogP contribution >= 0.6 is 46.4 Å². The van der Waals surface area contributed by atoms with E-state index < -0.39 is 0 Å². The molecule has 3 aromatic rings. The molecule has 0 fully saturated rings. The molecule has 0 aliphatic heterocycles. The standard InChI is InChI=1S/C20H16Cl4N2O2/c21-14-5-12(19(27)17(23)7-14)9-26(11-16-3-1-2-4-25-16)10-13-6-15(22)8-18(24)20(13)28/h1-8,27-28H,9-11H2. The van der Waals surface area contributed by atoms with Crippen LogP contribution in [0.2, 0.25) is 20.1 Å². The maximum absolute atomic E-state index is 10.3. The van der Waals surface area contributed by atoms with Crippen molar-refractivity contribution >= 4 is 46.4 Å². The van der Waals surface area contributed by atoms with Crippen molar-refractivity contribution in [1.82, 2.24) is 9.88 Å². The first-order valence-electron chi connectivity index (χ1n) is 8.29. The first-order valence-corrected chi connectivity index (χ1v) is 9.80. The van der Waals surface area contributed by atoms with Crippen LogP contribution in [-0.2, 0) is 19.6 Å². The molecule has 0 aliphatic carbocycles. The van der Waals surface area contributed by atoms with Gasteiger partial charge in [0.25, 0.3) is 0 Å². The van der Waals surface area contributed by atoms with Gasteiger partial charge in [0.05, 0.1) is 15.7 Å². The van der Waals surface area contributed by atoms with Crippen LogP contribution in [0, 0.1) is 0 Å². The van der Waals surface area contributed by atoms with Crippen molar-refractivity contribution in [3.8, 4) is 11.5 Å². The van der Waals surface area contributed by atoms with Crippen LogP contribution in [0.1, 0.15) is 16.8 Å². The Bertz CT molecular complexity index is 924. The number of hydrogen-bond acceptors (Lipinski definition) is 4. The van der Waals surface area contributed by atoms with E-state index in [1.165, 1.54) is 12.1 Å². The Morgan fingerprint density at radius 1 is 0.750 bits per heavy atom. The van der Waals surface area contributed by atoms with E-state index in [4.69, 9.17) is 46.4 Å². The van der Waals surface area contributed by atoms with E-state index >= 15 is 0 Å². The van der Waals surface area contributed by atoms with Crippen molar-refractivity contribution in [2.24, 2.45) is 0 Å². The Morgan fingerprint density at radius 2 is 1.29 bits per heavy atom. The molecule has 0 amide bonds. The van der Waals surface area contributed by atoms with Crippen molar-refractivity contribution in [2.45, 2.75) is 19.6 Å². The molecule has 8 heteroatoms. The molecule has 0 saturated heterocycles. The summed E-state index contributed by atoms with van der Waals surface area (Å²) in [6, 6.07) is 11.9. The van der Waals surface area contributed by atoms with Crippen molar-refractivity contribution in [3.05, 3.63) is 85.6 Å². The second-order valence-electron chi connectivity index (χ2n) is 6.26. The lowest BCUT2D eigenvalue weighted by Crippen LogP contribution is -2.23. The van der Waals surface area contributed by atoms with E-state index in [-0.39, 0.29) is 21.5 Å². The number of hydrogen-bond donors (Lipinski definition) is 2. The van der Waals surface area contributed by atoms with Gasteiger partial charge in [0.15, 0.2) is 0 Å². The number of aromatic nitrogens is 1. The molecule has 2 aromatic carbocycles. The number of pyridine rings is 1. The van der Waals surface area contributed by atoms with Gasteiger partial charge in [-0.1, -0.05) is 52.5 Å². The molecule has 3 rings (SSSR count). The van der Waals surface area contributed by atoms with E-state index in [0.29, 0.717) is 40.8 Å². The molecule has 28 heavy (non-hydrogen) atoms. The number of benzene rings is 2. The summed E-state index contributed by atoms with van der Waals surface area (Å²) >= 11 is 24.3. The molecular formula is C20H16Cl4N2O2. The van der Waals surface area contributed by atoms with Gasteiger partial charge in [0, 0.05) is 47.0 Å². The van der Waals surface area contributed by atoms with Crippen LogP contribution in [-0.4, -0.2) is 20.1 Å². The van der Waals surface area contributed by atoms with E-state index in [9.17, 15) is 10.2 Å². The fourth-order valence-corrected chi connectivity index (χ4v) is 3.92. The van der Waals surface area contributed by atoms with Gasteiger partial charge < -0.3 is 10.2 Å². The van der Waals surface area contributed by atoms with Gasteiger partial charge in [-0.2, -0.15) is 0 Å². The summed E-state index contributed by atoms with van der Waals surface area (Å²) in [6.07, 6.45) is 1.70. The molecule has 0 atom stereocenters. The second-order valence-corrected chi connectivity index (χ2v) is 7.94. The second kappa shape index (κ2) is 9.21. The Morgan fingerprint density at radius 3 is 1.75 bits per heavy atom. The number of phenols is 2. The van der Waals surface area contributed by atoms with Gasteiger partial charge in [0.2, 0.25) is 0 Å². The molecular weight excluding hydrogens is 442 g/mol. The fourth-order valence-electron chi connectivity index (χ4n) is 2.85. The van der Waals surface area contributed by atoms with E-state index in [1.54, 1.807) is 18.3 Å². The van der Waals surface area contributed by atoms with E-state index in [1.807, 2.05) is 23.1 Å². The Hall–Kier alpha value is -1.69. The monoisotopic (exact) mass is 456 g/mol. The van der Waals surface area contributed by atoms with Crippen LogP contribution in [0.4, 0.5) is 0 Å². The zero-order chi connectivity index (χ0) is 20.3. The van der Waals surface area contributed by atoms with Gasteiger partial charge in [-0.15, -0.1) is 0 Å². The molecule has 0 bridgehead atoms. The van der Waals surface area contributed by atoms with Gasteiger partial charge in [-0.25, -0.2) is 0 Å². The maximum Gasteiger partial charge on any atom is 0.138 e. The molecule has 1 aromatic heterocycles. The zero-order valence-electron chi connectivity index (χ0n) is 14.5. The van der Waals surface area contributed by atoms with Crippen molar-refractivity contribution in [3.63, 3.8) is 0 Å². The predicted octanol–water partition coefficient (Wildman–Crippen LogP) is 6.31. The maximum atomic E-state index is 10.3. The van der Waals surface area contributed by atoms with Gasteiger partial charge in [-0.05, 0) is 36.4 Å². The minimum absolute atomic E-state index is 0.0366. The van der Waals surface area contributed by atoms with E-state index in [0.717, 1.165) is 5.69 Å². The molecule has 0 aliphatic rings. The van der Waals surface area contributed by atoms with Crippen molar-refractivity contribution in [1.29, 1.82) is 0 Å². The third-order valence-electron chi connectivity index (χ3n) is 4.11. The third kappa shape index (κ3) is 5.22. The molecule has 4 nitrogen and oxygen atoms in total. The largest absolute Gasteiger partial charge is 0.506 e. The van der Waals surface area contributed by atoms with Crippen LogP contribution in [0.25, 0.3) is 0 Å². The minimum atomic E-state index is -0.0366. The normalized spacial score (nSPS) is 11.2. The lowest BCUT2D eigenvalue weighted by molar-refractivity contribution is 0.238. The summed E-state index contributed by atoms with van der Waals surface area (Å²) in [6.45, 7) is 1.08. The predicted molar refractivity (Wildman–Crippen MR) is 113 cm³/mol. The van der Waals surface area contributed by atoms with Gasteiger partial charge in [0.1, 0.15) is 11.5 Å². The van der Waals surface area contributed by atoms with Crippen LogP contribution in [0.15, 0.2) is 48.7 Å². The molecule has 146 valence electrons. The fraction of sp³-hybridized carbons (Fsp3) is 0.150. The Kier molecular flexibility index (Phi) is 6.91. The van der Waals surface area contributed by atoms with E-state index in [2.05, 4.69) is 4.98 Å². The number of rotatable bonds is 6. The summed E-state index contributed by atoms with van der Waals surface area (Å²) in [5.74, 6) is -0.0733. The summed E-state index contributed by atoms with van der Waals surface area (Å²) < 4.78 is 0. The van der Waals surface area contributed by atoms with Gasteiger partial charge >= 0.3 is 0 Å². The number of halogens is 4. The highest BCUT2D eigenvalue weighted by Gasteiger charge is 2.17. The minimum Gasteiger partial charge on any atom is -0.506 e. The lowest BCUT2D eigenvalue weighted by atomic mass is 10.1. The molecule has 0 radical (unpaired) electrons. The molecule has 0 saturated carbocycles. The molecule has 2 N–H and O–H groups in total. The third-order valence-corrected chi connectivity index (χ3v) is 5.13. The molecule has 0 spiro atoms. The first kappa shape index (κ1) is 21.0. The summed E-state index contributed by atoms with van der Waals surface area (Å²) in [5.41, 5.74) is 1.94. The summed E-state index contributed by atoms with van der Waals surface area (Å²) in [5, 5.41) is 21.8. The average Bonchev–Trinajstić information content (AvgIpc) is 2.64. The number of phenolic OH excluding ortho intramolecular Hbond substituents is 2. The smallest absolute Gasteiger partial charge is 0.138 e.